The molecular formula is C7H6ClF. The Labute approximate surface area is 58.3 Å². The van der Waals surface area contributed by atoms with Gasteiger partial charge in [-0.15, -0.1) is 0 Å². The van der Waals surface area contributed by atoms with Gasteiger partial charge in [0.2, 0.25) is 0 Å². The van der Waals surface area contributed by atoms with E-state index in [1.54, 1.807) is 6.07 Å². The third kappa shape index (κ3) is 1.42. The molecule has 0 spiro atoms. The summed E-state index contributed by atoms with van der Waals surface area (Å²) >= 11 is 5.57. The standard InChI is InChI=1S/C7H6ClF/c1-5-2-3-6(9)4-7(5)8/h2-4H,1H3/i9-1. The van der Waals surface area contributed by atoms with Crippen molar-refractivity contribution in [1.29, 1.82) is 0 Å². The summed E-state index contributed by atoms with van der Waals surface area (Å²) in [5.74, 6) is -0.286. The van der Waals surface area contributed by atoms with Crippen molar-refractivity contribution in [3.05, 3.63) is 34.6 Å². The maximum atomic E-state index is 12.3. The lowest BCUT2D eigenvalue weighted by Crippen LogP contribution is -1.76. The van der Waals surface area contributed by atoms with Crippen LogP contribution in [0.2, 0.25) is 5.02 Å². The van der Waals surface area contributed by atoms with E-state index < -0.39 is 0 Å². The molecule has 0 heterocycles. The molecule has 0 radical (unpaired) electrons. The number of rotatable bonds is 0. The molecular weight excluding hydrogens is 138 g/mol. The van der Waals surface area contributed by atoms with Crippen LogP contribution in [0.15, 0.2) is 18.2 Å². The molecule has 0 aliphatic carbocycles. The number of hydrogen-bond acceptors (Lipinski definition) is 0. The van der Waals surface area contributed by atoms with E-state index in [2.05, 4.69) is 0 Å². The zero-order valence-electron chi connectivity index (χ0n) is 4.99. The van der Waals surface area contributed by atoms with Gasteiger partial charge in [-0.1, -0.05) is 17.7 Å². The van der Waals surface area contributed by atoms with E-state index in [4.69, 9.17) is 11.6 Å². The van der Waals surface area contributed by atoms with Gasteiger partial charge in [0, 0.05) is 5.02 Å². The highest BCUT2D eigenvalue weighted by Crippen LogP contribution is 2.14. The van der Waals surface area contributed by atoms with E-state index in [0.29, 0.717) is 5.02 Å². The fourth-order valence-electron chi connectivity index (χ4n) is 0.567. The summed E-state index contributed by atoms with van der Waals surface area (Å²) in [4.78, 5) is 0. The molecule has 0 N–H and O–H groups in total. The number of hydrogen-bond donors (Lipinski definition) is 0. The van der Waals surface area contributed by atoms with Crippen molar-refractivity contribution in [3.63, 3.8) is 0 Å². The minimum Gasteiger partial charge on any atom is -0.207 e. The van der Waals surface area contributed by atoms with Crippen LogP contribution >= 0.6 is 11.6 Å². The van der Waals surface area contributed by atoms with Crippen molar-refractivity contribution in [1.82, 2.24) is 0 Å². The van der Waals surface area contributed by atoms with Crippen molar-refractivity contribution in [3.8, 4) is 0 Å². The average molecular weight is 144 g/mol. The molecule has 0 saturated carbocycles. The van der Waals surface area contributed by atoms with Gasteiger partial charge in [-0.25, -0.2) is 4.39 Å². The Morgan fingerprint density at radius 1 is 1.44 bits per heavy atom. The lowest BCUT2D eigenvalue weighted by molar-refractivity contribution is 0.627. The van der Waals surface area contributed by atoms with Crippen LogP contribution in [0.25, 0.3) is 0 Å². The Morgan fingerprint density at radius 2 is 2.11 bits per heavy atom. The SMILES string of the molecule is Cc1ccc([18F])cc1Cl. The molecule has 0 saturated heterocycles. The summed E-state index contributed by atoms with van der Waals surface area (Å²) in [5, 5.41) is 0.481. The number of benzene rings is 1. The molecule has 2 heteroatoms. The van der Waals surface area contributed by atoms with Crippen molar-refractivity contribution in [2.75, 3.05) is 0 Å². The van der Waals surface area contributed by atoms with Crippen molar-refractivity contribution in [2.24, 2.45) is 0 Å². The highest BCUT2D eigenvalue weighted by molar-refractivity contribution is 6.31. The van der Waals surface area contributed by atoms with Crippen molar-refractivity contribution >= 4 is 11.6 Å². The Kier molecular flexibility index (Phi) is 1.72. The lowest BCUT2D eigenvalue weighted by Gasteiger charge is -1.93. The predicted molar refractivity (Wildman–Crippen MR) is 36.1 cm³/mol. The molecule has 0 amide bonds. The van der Waals surface area contributed by atoms with Crippen LogP contribution in [-0.4, -0.2) is 0 Å². The van der Waals surface area contributed by atoms with Gasteiger partial charge in [-0.3, -0.25) is 0 Å². The van der Waals surface area contributed by atoms with Crippen LogP contribution in [-0.2, 0) is 0 Å². The molecule has 0 fully saturated rings. The fraction of sp³-hybridized carbons (Fsp3) is 0.143. The molecule has 0 aliphatic heterocycles. The number of aryl methyl sites for hydroxylation is 1. The first-order valence-electron chi connectivity index (χ1n) is 2.62. The summed E-state index contributed by atoms with van der Waals surface area (Å²) in [6.45, 7) is 1.84. The smallest absolute Gasteiger partial charge is 0.124 e. The van der Waals surface area contributed by atoms with Crippen molar-refractivity contribution in [2.45, 2.75) is 6.92 Å². The second kappa shape index (κ2) is 2.36. The minimum atomic E-state index is -0.286. The van der Waals surface area contributed by atoms with Gasteiger partial charge < -0.3 is 0 Å². The number of halogens is 2. The zero-order chi connectivity index (χ0) is 6.85. The second-order valence-electron chi connectivity index (χ2n) is 1.89. The Bertz CT molecular complexity index is 220. The first kappa shape index (κ1) is 6.56. The molecule has 0 bridgehead atoms. The summed E-state index contributed by atoms with van der Waals surface area (Å²) in [5.41, 5.74) is 0.901. The second-order valence-corrected chi connectivity index (χ2v) is 2.30. The summed E-state index contributed by atoms with van der Waals surface area (Å²) < 4.78 is 12.3. The molecule has 0 aliphatic rings. The van der Waals surface area contributed by atoms with E-state index in [1.807, 2.05) is 6.92 Å². The highest BCUT2D eigenvalue weighted by atomic mass is 35.5. The molecule has 1 aromatic rings. The molecule has 48 valence electrons. The Hall–Kier alpha value is -0.560. The largest absolute Gasteiger partial charge is 0.207 e. The van der Waals surface area contributed by atoms with E-state index >= 15 is 0 Å². The van der Waals surface area contributed by atoms with Gasteiger partial charge in [-0.2, -0.15) is 0 Å². The van der Waals surface area contributed by atoms with Crippen LogP contribution in [0, 0.1) is 12.7 Å². The normalized spacial score (nSPS) is 9.67. The van der Waals surface area contributed by atoms with Crippen LogP contribution in [0.5, 0.6) is 0 Å². The Balaban J connectivity index is 3.17. The van der Waals surface area contributed by atoms with E-state index in [0.717, 1.165) is 5.56 Å². The summed E-state index contributed by atoms with van der Waals surface area (Å²) in [7, 11) is 0. The first-order chi connectivity index (χ1) is 4.20. The topological polar surface area (TPSA) is 0 Å². The Morgan fingerprint density at radius 3 is 2.56 bits per heavy atom. The van der Waals surface area contributed by atoms with Gasteiger partial charge in [0.1, 0.15) is 5.82 Å². The van der Waals surface area contributed by atoms with Crippen LogP contribution in [0.1, 0.15) is 5.56 Å². The van der Waals surface area contributed by atoms with Gasteiger partial charge >= 0.3 is 0 Å². The maximum absolute atomic E-state index is 12.3. The van der Waals surface area contributed by atoms with Gasteiger partial charge in [0.15, 0.2) is 0 Å². The van der Waals surface area contributed by atoms with Crippen LogP contribution in [0.4, 0.5) is 4.39 Å². The summed E-state index contributed by atoms with van der Waals surface area (Å²) in [6, 6.07) is 4.34. The summed E-state index contributed by atoms with van der Waals surface area (Å²) in [6.07, 6.45) is 0. The zero-order valence-corrected chi connectivity index (χ0v) is 5.74. The molecule has 0 nitrogen and oxygen atoms in total. The van der Waals surface area contributed by atoms with Crippen LogP contribution in [0.3, 0.4) is 0 Å². The van der Waals surface area contributed by atoms with E-state index in [9.17, 15) is 4.39 Å². The average Bonchev–Trinajstić information content (AvgIpc) is 1.80. The lowest BCUT2D eigenvalue weighted by atomic mass is 10.2. The fourth-order valence-corrected chi connectivity index (χ4v) is 0.734. The van der Waals surface area contributed by atoms with E-state index in [-0.39, 0.29) is 5.82 Å². The molecule has 0 unspecified atom stereocenters. The molecule has 1 aromatic carbocycles. The first-order valence-corrected chi connectivity index (χ1v) is 2.99. The van der Waals surface area contributed by atoms with Crippen LogP contribution < -0.4 is 0 Å². The van der Waals surface area contributed by atoms with Crippen molar-refractivity contribution < 1.29 is 4.39 Å². The third-order valence-electron chi connectivity index (χ3n) is 1.13. The highest BCUT2D eigenvalue weighted by Gasteiger charge is 1.94. The predicted octanol–water partition coefficient (Wildman–Crippen LogP) is 2.79. The maximum Gasteiger partial charge on any atom is 0.124 e. The van der Waals surface area contributed by atoms with Gasteiger partial charge in [0.05, 0.1) is 0 Å². The quantitative estimate of drug-likeness (QED) is 0.524. The molecule has 1 rings (SSSR count). The molecule has 0 atom stereocenters. The molecule has 0 aromatic heterocycles. The van der Waals surface area contributed by atoms with E-state index in [1.165, 1.54) is 12.1 Å². The third-order valence-corrected chi connectivity index (χ3v) is 1.54. The monoisotopic (exact) mass is 143 g/mol. The van der Waals surface area contributed by atoms with Gasteiger partial charge in [-0.05, 0) is 24.6 Å². The molecule has 9 heavy (non-hydrogen) atoms. The minimum absolute atomic E-state index is 0.286. The van der Waals surface area contributed by atoms with Gasteiger partial charge in [0.25, 0.3) is 0 Å².